The SMILES string of the molecule is CC(C)=C(CP=O)Sc1ncnc2c1ncn2[C@@H]1O[C@H](CO)C(O)C1O. The van der Waals surface area contributed by atoms with E-state index in [1.807, 2.05) is 13.8 Å². The fraction of sp³-hybridized carbons (Fsp3) is 0.533. The number of aromatic nitrogens is 4. The molecule has 2 aromatic heterocycles. The summed E-state index contributed by atoms with van der Waals surface area (Å²) in [6.07, 6.45) is -0.998. The number of nitrogens with zero attached hydrogens (tertiary/aromatic N) is 4. The Morgan fingerprint density at radius 2 is 2.08 bits per heavy atom. The van der Waals surface area contributed by atoms with Crippen LogP contribution in [0.1, 0.15) is 20.1 Å². The lowest BCUT2D eigenvalue weighted by Crippen LogP contribution is -2.33. The lowest BCUT2D eigenvalue weighted by Gasteiger charge is -2.16. The fourth-order valence-electron chi connectivity index (χ4n) is 2.67. The molecule has 11 heteroatoms. The van der Waals surface area contributed by atoms with Gasteiger partial charge in [0.05, 0.1) is 19.1 Å². The molecular weight excluding hydrogens is 379 g/mol. The van der Waals surface area contributed by atoms with Crippen molar-refractivity contribution < 1.29 is 24.6 Å². The molecule has 1 saturated heterocycles. The maximum absolute atomic E-state index is 11.0. The quantitative estimate of drug-likeness (QED) is 0.372. The lowest BCUT2D eigenvalue weighted by molar-refractivity contribution is -0.0511. The third-order valence-corrected chi connectivity index (χ3v) is 6.05. The van der Waals surface area contributed by atoms with Crippen LogP contribution in [0.3, 0.4) is 0 Å². The van der Waals surface area contributed by atoms with Crippen LogP contribution in [0.5, 0.6) is 0 Å². The van der Waals surface area contributed by atoms with Crippen LogP contribution in [-0.4, -0.2) is 65.9 Å². The molecule has 0 saturated carbocycles. The first-order valence-corrected chi connectivity index (χ1v) is 9.72. The Labute approximate surface area is 155 Å². The molecule has 9 nitrogen and oxygen atoms in total. The molecule has 2 aromatic rings. The van der Waals surface area contributed by atoms with Gasteiger partial charge in [-0.25, -0.2) is 15.0 Å². The van der Waals surface area contributed by atoms with Crippen molar-refractivity contribution in [1.82, 2.24) is 19.5 Å². The van der Waals surface area contributed by atoms with Crippen molar-refractivity contribution in [1.29, 1.82) is 0 Å². The first kappa shape index (κ1) is 19.3. The van der Waals surface area contributed by atoms with E-state index in [0.29, 0.717) is 22.4 Å². The summed E-state index contributed by atoms with van der Waals surface area (Å²) in [5.74, 6) is 0. The summed E-state index contributed by atoms with van der Waals surface area (Å²) in [6.45, 7) is 3.46. The van der Waals surface area contributed by atoms with Gasteiger partial charge in [0.25, 0.3) is 0 Å². The highest BCUT2D eigenvalue weighted by Gasteiger charge is 2.44. The number of aliphatic hydroxyl groups excluding tert-OH is 3. The van der Waals surface area contributed by atoms with E-state index in [1.165, 1.54) is 29.0 Å². The Hall–Kier alpha value is -1.42. The summed E-state index contributed by atoms with van der Waals surface area (Å²) < 4.78 is 18.0. The number of imidazole rings is 1. The minimum Gasteiger partial charge on any atom is -0.394 e. The van der Waals surface area contributed by atoms with Crippen LogP contribution in [0.15, 0.2) is 28.2 Å². The molecule has 0 aromatic carbocycles. The first-order valence-electron chi connectivity index (χ1n) is 7.91. The van der Waals surface area contributed by atoms with Gasteiger partial charge in [-0.2, -0.15) is 0 Å². The Morgan fingerprint density at radius 3 is 2.69 bits per heavy atom. The van der Waals surface area contributed by atoms with Crippen LogP contribution in [0.4, 0.5) is 0 Å². The molecule has 0 aliphatic carbocycles. The van der Waals surface area contributed by atoms with Crippen LogP contribution in [0.25, 0.3) is 11.2 Å². The maximum Gasteiger partial charge on any atom is 0.166 e. The Kier molecular flexibility index (Phi) is 6.01. The van der Waals surface area contributed by atoms with Crippen molar-refractivity contribution in [2.45, 2.75) is 43.4 Å². The topological polar surface area (TPSA) is 131 Å². The molecule has 26 heavy (non-hydrogen) atoms. The molecule has 2 unspecified atom stereocenters. The largest absolute Gasteiger partial charge is 0.394 e. The second-order valence-electron chi connectivity index (χ2n) is 6.04. The zero-order chi connectivity index (χ0) is 18.8. The summed E-state index contributed by atoms with van der Waals surface area (Å²) in [6, 6.07) is 0. The molecule has 0 radical (unpaired) electrons. The Balaban J connectivity index is 1.97. The standard InChI is InChI=1S/C15H19N4O5PS/c1-7(2)9(4-25-23)26-14-10-13(16-5-17-14)19(6-18-10)15-12(22)11(21)8(3-20)24-15/h5-6,8,11-12,15,20-22H,3-4H2,1-2H3/t8-,11?,12?,15-/m1/s1. The number of allylic oxidation sites excluding steroid dienone is 2. The number of thioether (sulfide) groups is 1. The first-order chi connectivity index (χ1) is 12.5. The van der Waals surface area contributed by atoms with Gasteiger partial charge in [-0.1, -0.05) is 17.3 Å². The van der Waals surface area contributed by atoms with E-state index in [-0.39, 0.29) is 8.46 Å². The number of aliphatic hydroxyl groups is 3. The van der Waals surface area contributed by atoms with Crippen molar-refractivity contribution in [2.75, 3.05) is 12.8 Å². The summed E-state index contributed by atoms with van der Waals surface area (Å²) in [5, 5.41) is 30.0. The second-order valence-corrected chi connectivity index (χ2v) is 7.70. The molecule has 1 aliphatic rings. The highest BCUT2D eigenvalue weighted by molar-refractivity contribution is 8.03. The number of rotatable bonds is 6. The van der Waals surface area contributed by atoms with E-state index in [2.05, 4.69) is 15.0 Å². The zero-order valence-corrected chi connectivity index (χ0v) is 15.9. The number of fused-ring (bicyclic) bond motifs is 1. The van der Waals surface area contributed by atoms with Crippen molar-refractivity contribution >= 4 is 31.4 Å². The van der Waals surface area contributed by atoms with Gasteiger partial charge in [-0.15, -0.1) is 0 Å². The molecule has 3 N–H and O–H groups in total. The third-order valence-electron chi connectivity index (χ3n) is 4.10. The normalized spacial score (nSPS) is 25.9. The maximum atomic E-state index is 11.0. The molecule has 1 aliphatic heterocycles. The molecule has 1 fully saturated rings. The van der Waals surface area contributed by atoms with Crippen molar-refractivity contribution in [3.05, 3.63) is 23.1 Å². The highest BCUT2D eigenvalue weighted by Crippen LogP contribution is 2.35. The summed E-state index contributed by atoms with van der Waals surface area (Å²) in [4.78, 5) is 13.7. The van der Waals surface area contributed by atoms with Crippen molar-refractivity contribution in [3.8, 4) is 0 Å². The molecule has 3 heterocycles. The van der Waals surface area contributed by atoms with E-state index in [4.69, 9.17) is 4.74 Å². The van der Waals surface area contributed by atoms with Gasteiger partial charge in [0.15, 0.2) is 20.3 Å². The van der Waals surface area contributed by atoms with Gasteiger partial charge >= 0.3 is 0 Å². The predicted molar refractivity (Wildman–Crippen MR) is 95.0 cm³/mol. The monoisotopic (exact) mass is 398 g/mol. The van der Waals surface area contributed by atoms with Crippen LogP contribution < -0.4 is 0 Å². The average molecular weight is 398 g/mol. The minimum absolute atomic E-state index is 0.0234. The van der Waals surface area contributed by atoms with Gasteiger partial charge in [-0.05, 0) is 13.8 Å². The van der Waals surface area contributed by atoms with Gasteiger partial charge in [-0.3, -0.25) is 9.13 Å². The Morgan fingerprint density at radius 1 is 1.31 bits per heavy atom. The molecule has 0 spiro atoms. The van der Waals surface area contributed by atoms with Gasteiger partial charge < -0.3 is 20.1 Å². The zero-order valence-electron chi connectivity index (χ0n) is 14.2. The fourth-order valence-corrected chi connectivity index (χ4v) is 4.30. The average Bonchev–Trinajstić information content (AvgIpc) is 3.17. The summed E-state index contributed by atoms with van der Waals surface area (Å²) in [7, 11) is 0.0234. The lowest BCUT2D eigenvalue weighted by atomic mass is 10.1. The molecule has 140 valence electrons. The molecule has 4 atom stereocenters. The smallest absolute Gasteiger partial charge is 0.166 e. The van der Waals surface area contributed by atoms with Crippen LogP contribution >= 0.6 is 20.2 Å². The van der Waals surface area contributed by atoms with Crippen LogP contribution in [0.2, 0.25) is 0 Å². The van der Waals surface area contributed by atoms with Gasteiger partial charge in [0.2, 0.25) is 0 Å². The minimum atomic E-state index is -1.22. The van der Waals surface area contributed by atoms with E-state index >= 15 is 0 Å². The summed E-state index contributed by atoms with van der Waals surface area (Å²) >= 11 is 1.37. The van der Waals surface area contributed by atoms with Crippen LogP contribution in [0, 0.1) is 0 Å². The molecular formula is C15H19N4O5PS. The van der Waals surface area contributed by atoms with Crippen LogP contribution in [-0.2, 0) is 9.30 Å². The van der Waals surface area contributed by atoms with E-state index < -0.39 is 31.1 Å². The molecule has 0 bridgehead atoms. The van der Waals surface area contributed by atoms with E-state index in [0.717, 1.165) is 10.5 Å². The molecule has 3 rings (SSSR count). The molecule has 0 amide bonds. The number of hydrogen-bond acceptors (Lipinski definition) is 9. The van der Waals surface area contributed by atoms with E-state index in [1.54, 1.807) is 0 Å². The number of ether oxygens (including phenoxy) is 1. The Bertz CT molecular complexity index is 841. The van der Waals surface area contributed by atoms with E-state index in [9.17, 15) is 19.9 Å². The summed E-state index contributed by atoms with van der Waals surface area (Å²) in [5.41, 5.74) is 1.98. The highest BCUT2D eigenvalue weighted by atomic mass is 32.2. The van der Waals surface area contributed by atoms with Crippen molar-refractivity contribution in [3.63, 3.8) is 0 Å². The van der Waals surface area contributed by atoms with Gasteiger partial charge in [0, 0.05) is 4.91 Å². The van der Waals surface area contributed by atoms with Gasteiger partial charge in [0.1, 0.15) is 35.2 Å². The third kappa shape index (κ3) is 3.53. The number of hydrogen-bond donors (Lipinski definition) is 3. The second kappa shape index (κ2) is 8.08. The van der Waals surface area contributed by atoms with Crippen molar-refractivity contribution in [2.24, 2.45) is 0 Å². The predicted octanol–water partition coefficient (Wildman–Crippen LogP) is 1.12.